The molecular formula is C21H18N4O2S. The third-order valence-electron chi connectivity index (χ3n) is 4.46. The fraction of sp³-hybridized carbons (Fsp3) is 0.143. The number of thiazole rings is 1. The number of hydrogen-bond acceptors (Lipinski definition) is 5. The Hall–Kier alpha value is -3.32. The molecule has 28 heavy (non-hydrogen) atoms. The second-order valence-electron chi connectivity index (χ2n) is 6.17. The van der Waals surface area contributed by atoms with Gasteiger partial charge in [0.25, 0.3) is 5.91 Å². The predicted octanol–water partition coefficient (Wildman–Crippen LogP) is 3.78. The number of amides is 1. The lowest BCUT2D eigenvalue weighted by atomic mass is 10.1. The van der Waals surface area contributed by atoms with Crippen LogP contribution in [0.2, 0.25) is 0 Å². The number of nitrogens with zero attached hydrogens (tertiary/aromatic N) is 4. The zero-order valence-corrected chi connectivity index (χ0v) is 16.1. The van der Waals surface area contributed by atoms with Crippen LogP contribution < -0.4 is 4.90 Å². The molecule has 0 aliphatic carbocycles. The molecule has 6 nitrogen and oxygen atoms in total. The van der Waals surface area contributed by atoms with Crippen molar-refractivity contribution < 1.29 is 9.59 Å². The smallest absolute Gasteiger partial charge is 0.250 e. The molecule has 2 aromatic heterocycles. The highest BCUT2D eigenvalue weighted by atomic mass is 32.1. The van der Waals surface area contributed by atoms with Crippen molar-refractivity contribution in [3.8, 4) is 0 Å². The Morgan fingerprint density at radius 2 is 1.82 bits per heavy atom. The van der Waals surface area contributed by atoms with Gasteiger partial charge in [0.15, 0.2) is 5.13 Å². The van der Waals surface area contributed by atoms with Gasteiger partial charge in [0, 0.05) is 29.1 Å². The SMILES string of the molecule is CCN(C(=O)Cn1nc(C(=O)c2ccccc2)c2ccccc21)c1nccs1. The van der Waals surface area contributed by atoms with Crippen molar-refractivity contribution >= 4 is 39.1 Å². The molecule has 0 radical (unpaired) electrons. The van der Waals surface area contributed by atoms with Gasteiger partial charge in [-0.2, -0.15) is 5.10 Å². The van der Waals surface area contributed by atoms with Crippen molar-refractivity contribution in [2.75, 3.05) is 11.4 Å². The maximum atomic E-state index is 13.0. The molecule has 0 unspecified atom stereocenters. The number of fused-ring (bicyclic) bond motifs is 1. The summed E-state index contributed by atoms with van der Waals surface area (Å²) in [5.41, 5.74) is 1.68. The van der Waals surface area contributed by atoms with Gasteiger partial charge in [0.05, 0.1) is 5.52 Å². The van der Waals surface area contributed by atoms with Gasteiger partial charge in [-0.05, 0) is 13.0 Å². The maximum absolute atomic E-state index is 13.0. The molecule has 2 heterocycles. The lowest BCUT2D eigenvalue weighted by Gasteiger charge is -2.17. The zero-order valence-electron chi connectivity index (χ0n) is 15.3. The number of benzene rings is 2. The summed E-state index contributed by atoms with van der Waals surface area (Å²) in [4.78, 5) is 31.7. The van der Waals surface area contributed by atoms with Gasteiger partial charge in [-0.3, -0.25) is 19.2 Å². The highest BCUT2D eigenvalue weighted by Gasteiger charge is 2.22. The molecular weight excluding hydrogens is 372 g/mol. The van der Waals surface area contributed by atoms with Gasteiger partial charge in [0.2, 0.25) is 5.78 Å². The minimum Gasteiger partial charge on any atom is -0.287 e. The Labute approximate surface area is 166 Å². The number of likely N-dealkylation sites (N-methyl/N-ethyl adjacent to an activating group) is 1. The van der Waals surface area contributed by atoms with Gasteiger partial charge >= 0.3 is 0 Å². The van der Waals surface area contributed by atoms with Crippen LogP contribution in [0.25, 0.3) is 10.9 Å². The molecule has 4 aromatic rings. The summed E-state index contributed by atoms with van der Waals surface area (Å²) >= 11 is 1.42. The predicted molar refractivity (Wildman–Crippen MR) is 110 cm³/mol. The summed E-state index contributed by atoms with van der Waals surface area (Å²) in [6.45, 7) is 2.46. The van der Waals surface area contributed by atoms with Crippen LogP contribution in [0.3, 0.4) is 0 Å². The van der Waals surface area contributed by atoms with E-state index < -0.39 is 0 Å². The van der Waals surface area contributed by atoms with Gasteiger partial charge in [-0.25, -0.2) is 4.98 Å². The van der Waals surface area contributed by atoms with E-state index in [2.05, 4.69) is 10.1 Å². The fourth-order valence-electron chi connectivity index (χ4n) is 3.12. The van der Waals surface area contributed by atoms with Crippen LogP contribution in [0, 0.1) is 0 Å². The monoisotopic (exact) mass is 390 g/mol. The number of rotatable bonds is 6. The van der Waals surface area contributed by atoms with E-state index in [4.69, 9.17) is 0 Å². The van der Waals surface area contributed by atoms with Gasteiger partial charge in [-0.15, -0.1) is 11.3 Å². The number of anilines is 1. The minimum atomic E-state index is -0.157. The highest BCUT2D eigenvalue weighted by Crippen LogP contribution is 2.22. The lowest BCUT2D eigenvalue weighted by Crippen LogP contribution is -2.33. The molecule has 0 N–H and O–H groups in total. The van der Waals surface area contributed by atoms with Gasteiger partial charge in [0.1, 0.15) is 12.2 Å². The van der Waals surface area contributed by atoms with Crippen LogP contribution in [-0.4, -0.2) is 33.0 Å². The average molecular weight is 390 g/mol. The first-order chi connectivity index (χ1) is 13.7. The Morgan fingerprint density at radius 3 is 2.54 bits per heavy atom. The van der Waals surface area contributed by atoms with E-state index in [9.17, 15) is 9.59 Å². The zero-order chi connectivity index (χ0) is 19.5. The second-order valence-corrected chi connectivity index (χ2v) is 7.04. The van der Waals surface area contributed by atoms with E-state index in [1.54, 1.807) is 27.9 Å². The second kappa shape index (κ2) is 7.74. The summed E-state index contributed by atoms with van der Waals surface area (Å²) in [5, 5.41) is 7.74. The number of aromatic nitrogens is 3. The highest BCUT2D eigenvalue weighted by molar-refractivity contribution is 7.13. The molecule has 4 rings (SSSR count). The summed E-state index contributed by atoms with van der Waals surface area (Å²) < 4.78 is 1.60. The number of carbonyl (C=O) groups is 2. The Balaban J connectivity index is 1.70. The number of para-hydroxylation sites is 1. The standard InChI is InChI=1S/C21H18N4O2S/c1-2-24(21-22-12-13-28-21)18(26)14-25-17-11-7-6-10-16(17)19(23-25)20(27)15-8-4-3-5-9-15/h3-13H,2,14H2,1H3. The van der Waals surface area contributed by atoms with E-state index in [1.165, 1.54) is 11.3 Å². The molecule has 0 bridgehead atoms. The molecule has 0 aliphatic rings. The van der Waals surface area contributed by atoms with Crippen LogP contribution in [0.4, 0.5) is 5.13 Å². The van der Waals surface area contributed by atoms with Crippen LogP contribution in [0.5, 0.6) is 0 Å². The lowest BCUT2D eigenvalue weighted by molar-refractivity contribution is -0.119. The van der Waals surface area contributed by atoms with Crippen molar-refractivity contribution in [1.82, 2.24) is 14.8 Å². The molecule has 0 atom stereocenters. The molecule has 7 heteroatoms. The van der Waals surface area contributed by atoms with E-state index in [1.807, 2.05) is 54.8 Å². The molecule has 0 spiro atoms. The maximum Gasteiger partial charge on any atom is 0.250 e. The van der Waals surface area contributed by atoms with Crippen LogP contribution in [-0.2, 0) is 11.3 Å². The van der Waals surface area contributed by atoms with Crippen molar-refractivity contribution in [3.63, 3.8) is 0 Å². The van der Waals surface area contributed by atoms with Crippen LogP contribution in [0.15, 0.2) is 66.2 Å². The molecule has 0 saturated heterocycles. The van der Waals surface area contributed by atoms with E-state index in [0.717, 1.165) is 10.9 Å². The van der Waals surface area contributed by atoms with Crippen molar-refractivity contribution in [1.29, 1.82) is 0 Å². The Morgan fingerprint density at radius 1 is 1.07 bits per heavy atom. The van der Waals surface area contributed by atoms with E-state index in [-0.39, 0.29) is 18.2 Å². The first-order valence-electron chi connectivity index (χ1n) is 8.94. The molecule has 2 aromatic carbocycles. The fourth-order valence-corrected chi connectivity index (χ4v) is 3.85. The van der Waals surface area contributed by atoms with E-state index in [0.29, 0.717) is 22.9 Å². The average Bonchev–Trinajstić information content (AvgIpc) is 3.38. The van der Waals surface area contributed by atoms with Crippen molar-refractivity contribution in [2.45, 2.75) is 13.5 Å². The molecule has 0 saturated carbocycles. The molecule has 1 amide bonds. The third kappa shape index (κ3) is 3.32. The molecule has 0 aliphatic heterocycles. The largest absolute Gasteiger partial charge is 0.287 e. The quantitative estimate of drug-likeness (QED) is 0.470. The van der Waals surface area contributed by atoms with Crippen LogP contribution in [0.1, 0.15) is 23.0 Å². The molecule has 140 valence electrons. The summed E-state index contributed by atoms with van der Waals surface area (Å²) in [5.74, 6) is -0.278. The summed E-state index contributed by atoms with van der Waals surface area (Å²) in [6, 6.07) is 16.5. The molecule has 0 fully saturated rings. The minimum absolute atomic E-state index is 0.0377. The van der Waals surface area contributed by atoms with Crippen LogP contribution >= 0.6 is 11.3 Å². The normalized spacial score (nSPS) is 10.9. The third-order valence-corrected chi connectivity index (χ3v) is 5.26. The first kappa shape index (κ1) is 18.1. The van der Waals surface area contributed by atoms with Crippen molar-refractivity contribution in [2.24, 2.45) is 0 Å². The Bertz CT molecular complexity index is 1120. The number of ketones is 1. The Kier molecular flexibility index (Phi) is 4.99. The summed E-state index contributed by atoms with van der Waals surface area (Å²) in [7, 11) is 0. The number of hydrogen-bond donors (Lipinski definition) is 0. The van der Waals surface area contributed by atoms with Gasteiger partial charge in [-0.1, -0.05) is 48.5 Å². The summed E-state index contributed by atoms with van der Waals surface area (Å²) in [6.07, 6.45) is 1.68. The first-order valence-corrected chi connectivity index (χ1v) is 9.82. The van der Waals surface area contributed by atoms with Gasteiger partial charge < -0.3 is 0 Å². The topological polar surface area (TPSA) is 68.1 Å². The van der Waals surface area contributed by atoms with Crippen molar-refractivity contribution in [3.05, 3.63) is 77.4 Å². The van der Waals surface area contributed by atoms with E-state index >= 15 is 0 Å². The number of carbonyl (C=O) groups excluding carboxylic acids is 2.